The van der Waals surface area contributed by atoms with E-state index >= 15 is 0 Å². The number of rotatable bonds is 6. The number of aryl methyl sites for hydroxylation is 1. The van der Waals surface area contributed by atoms with E-state index in [0.29, 0.717) is 19.6 Å². The largest absolute Gasteiger partial charge is 0.481 e. The first-order valence-corrected chi connectivity index (χ1v) is 6.38. The molecule has 2 heterocycles. The van der Waals surface area contributed by atoms with Crippen LogP contribution in [-0.2, 0) is 11.2 Å². The summed E-state index contributed by atoms with van der Waals surface area (Å²) in [5.74, 6) is 0.217. The quantitative estimate of drug-likeness (QED) is 0.651. The second-order valence-electron chi connectivity index (χ2n) is 4.74. The number of hydrogen-bond donors (Lipinski definition) is 3. The third kappa shape index (κ3) is 3.97. The number of aromatic nitrogens is 2. The normalized spacial score (nSPS) is 15.1. The maximum absolute atomic E-state index is 11.7. The van der Waals surface area contributed by atoms with Gasteiger partial charge in [0.1, 0.15) is 5.82 Å². The van der Waals surface area contributed by atoms with Gasteiger partial charge in [-0.15, -0.1) is 0 Å². The number of carbonyl (C=O) groups is 2. The van der Waals surface area contributed by atoms with Gasteiger partial charge in [-0.25, -0.2) is 9.78 Å². The summed E-state index contributed by atoms with van der Waals surface area (Å²) in [4.78, 5) is 30.9. The molecule has 0 bridgehead atoms. The van der Waals surface area contributed by atoms with Crippen LogP contribution < -0.4 is 5.32 Å². The summed E-state index contributed by atoms with van der Waals surface area (Å²) in [6, 6.07) is -0.110. The SMILES string of the molecule is O=C(O)CC1CN(C(=O)NCCCc2ncc[nH]2)C1. The second kappa shape index (κ2) is 6.21. The molecule has 0 unspecified atom stereocenters. The van der Waals surface area contributed by atoms with Gasteiger partial charge in [0, 0.05) is 44.4 Å². The molecule has 7 nitrogen and oxygen atoms in total. The van der Waals surface area contributed by atoms with Crippen molar-refractivity contribution in [1.82, 2.24) is 20.2 Å². The van der Waals surface area contributed by atoms with Gasteiger partial charge < -0.3 is 20.3 Å². The fourth-order valence-electron chi connectivity index (χ4n) is 2.11. The zero-order chi connectivity index (χ0) is 13.7. The number of imidazole rings is 1. The molecule has 1 aliphatic rings. The van der Waals surface area contributed by atoms with Crippen LogP contribution in [0.5, 0.6) is 0 Å². The number of aliphatic carboxylic acids is 1. The summed E-state index contributed by atoms with van der Waals surface area (Å²) in [5, 5.41) is 11.4. The minimum Gasteiger partial charge on any atom is -0.481 e. The lowest BCUT2D eigenvalue weighted by Crippen LogP contribution is -2.54. The van der Waals surface area contributed by atoms with Crippen LogP contribution in [-0.4, -0.2) is 51.6 Å². The molecular weight excluding hydrogens is 248 g/mol. The van der Waals surface area contributed by atoms with Crippen molar-refractivity contribution in [2.24, 2.45) is 5.92 Å². The Balaban J connectivity index is 1.55. The minimum atomic E-state index is -0.802. The van der Waals surface area contributed by atoms with Gasteiger partial charge in [-0.3, -0.25) is 4.79 Å². The molecule has 3 N–H and O–H groups in total. The molecule has 0 saturated carbocycles. The topological polar surface area (TPSA) is 98.3 Å². The Morgan fingerprint density at radius 1 is 1.53 bits per heavy atom. The van der Waals surface area contributed by atoms with E-state index in [2.05, 4.69) is 15.3 Å². The fraction of sp³-hybridized carbons (Fsp3) is 0.583. The standard InChI is InChI=1S/C12H18N4O3/c17-11(18)6-9-7-16(8-9)12(19)15-3-1-2-10-13-4-5-14-10/h4-5,9H,1-3,6-8H2,(H,13,14)(H,15,19)(H,17,18). The molecule has 104 valence electrons. The fourth-order valence-corrected chi connectivity index (χ4v) is 2.11. The molecule has 1 fully saturated rings. The van der Waals surface area contributed by atoms with Crippen molar-refractivity contribution in [3.63, 3.8) is 0 Å². The molecule has 0 atom stereocenters. The van der Waals surface area contributed by atoms with E-state index in [4.69, 9.17) is 5.11 Å². The smallest absolute Gasteiger partial charge is 0.317 e. The molecule has 1 aromatic rings. The first-order chi connectivity index (χ1) is 9.15. The zero-order valence-electron chi connectivity index (χ0n) is 10.6. The van der Waals surface area contributed by atoms with Gasteiger partial charge in [-0.2, -0.15) is 0 Å². The van der Waals surface area contributed by atoms with E-state index in [-0.39, 0.29) is 18.4 Å². The summed E-state index contributed by atoms with van der Waals surface area (Å²) < 4.78 is 0. The van der Waals surface area contributed by atoms with Crippen molar-refractivity contribution in [2.45, 2.75) is 19.3 Å². The van der Waals surface area contributed by atoms with E-state index in [9.17, 15) is 9.59 Å². The molecule has 2 amide bonds. The van der Waals surface area contributed by atoms with Crippen LogP contribution in [0.1, 0.15) is 18.7 Å². The van der Waals surface area contributed by atoms with E-state index in [1.54, 1.807) is 17.3 Å². The third-order valence-corrected chi connectivity index (χ3v) is 3.13. The number of nitrogens with one attached hydrogen (secondary N) is 2. The zero-order valence-corrected chi connectivity index (χ0v) is 10.6. The van der Waals surface area contributed by atoms with Gasteiger partial charge in [0.25, 0.3) is 0 Å². The van der Waals surface area contributed by atoms with Crippen molar-refractivity contribution >= 4 is 12.0 Å². The number of carbonyl (C=O) groups excluding carboxylic acids is 1. The molecule has 1 aliphatic heterocycles. The molecule has 2 rings (SSSR count). The molecular formula is C12H18N4O3. The van der Waals surface area contributed by atoms with E-state index < -0.39 is 5.97 Å². The number of carboxylic acids is 1. The summed E-state index contributed by atoms with van der Waals surface area (Å²) in [6.45, 7) is 1.67. The minimum absolute atomic E-state index is 0.103. The maximum atomic E-state index is 11.7. The summed E-state index contributed by atoms with van der Waals surface area (Å²) in [7, 11) is 0. The number of carboxylic acid groups (broad SMARTS) is 1. The van der Waals surface area contributed by atoms with Crippen molar-refractivity contribution in [2.75, 3.05) is 19.6 Å². The van der Waals surface area contributed by atoms with Crippen LogP contribution in [0.25, 0.3) is 0 Å². The van der Waals surface area contributed by atoms with Gasteiger partial charge in [0.15, 0.2) is 0 Å². The van der Waals surface area contributed by atoms with Gasteiger partial charge in [-0.1, -0.05) is 0 Å². The van der Waals surface area contributed by atoms with Gasteiger partial charge in [0.05, 0.1) is 6.42 Å². The highest BCUT2D eigenvalue weighted by Gasteiger charge is 2.31. The first kappa shape index (κ1) is 13.4. The van der Waals surface area contributed by atoms with E-state index in [0.717, 1.165) is 18.7 Å². The monoisotopic (exact) mass is 266 g/mol. The lowest BCUT2D eigenvalue weighted by Gasteiger charge is -2.38. The van der Waals surface area contributed by atoms with Gasteiger partial charge >= 0.3 is 12.0 Å². The average Bonchev–Trinajstić information content (AvgIpc) is 2.81. The van der Waals surface area contributed by atoms with E-state index in [1.165, 1.54) is 0 Å². The van der Waals surface area contributed by atoms with Crippen molar-refractivity contribution in [3.05, 3.63) is 18.2 Å². The lowest BCUT2D eigenvalue weighted by atomic mass is 9.97. The Bertz CT molecular complexity index is 426. The Kier molecular flexibility index (Phi) is 4.38. The molecule has 19 heavy (non-hydrogen) atoms. The molecule has 0 radical (unpaired) electrons. The number of H-pyrrole nitrogens is 1. The molecule has 1 aromatic heterocycles. The Labute approximate surface area is 111 Å². The van der Waals surface area contributed by atoms with Gasteiger partial charge in [-0.05, 0) is 6.42 Å². The van der Waals surface area contributed by atoms with Crippen LogP contribution in [0, 0.1) is 5.92 Å². The first-order valence-electron chi connectivity index (χ1n) is 6.38. The molecule has 0 aliphatic carbocycles. The highest BCUT2D eigenvalue weighted by Crippen LogP contribution is 2.18. The number of urea groups is 1. The predicted molar refractivity (Wildman–Crippen MR) is 67.6 cm³/mol. The number of aromatic amines is 1. The summed E-state index contributed by atoms with van der Waals surface area (Å²) >= 11 is 0. The molecule has 7 heteroatoms. The Morgan fingerprint density at radius 3 is 2.95 bits per heavy atom. The highest BCUT2D eigenvalue weighted by molar-refractivity contribution is 5.75. The van der Waals surface area contributed by atoms with Crippen LogP contribution >= 0.6 is 0 Å². The molecule has 0 aromatic carbocycles. The van der Waals surface area contributed by atoms with Crippen molar-refractivity contribution in [3.8, 4) is 0 Å². The van der Waals surface area contributed by atoms with Crippen molar-refractivity contribution < 1.29 is 14.7 Å². The highest BCUT2D eigenvalue weighted by atomic mass is 16.4. The third-order valence-electron chi connectivity index (χ3n) is 3.13. The number of likely N-dealkylation sites (tertiary alicyclic amines) is 1. The van der Waals surface area contributed by atoms with E-state index in [1.807, 2.05) is 0 Å². The number of hydrogen-bond acceptors (Lipinski definition) is 3. The molecule has 1 saturated heterocycles. The van der Waals surface area contributed by atoms with Crippen LogP contribution in [0.3, 0.4) is 0 Å². The maximum Gasteiger partial charge on any atom is 0.317 e. The summed E-state index contributed by atoms with van der Waals surface area (Å²) in [5.41, 5.74) is 0. The predicted octanol–water partition coefficient (Wildman–Crippen LogP) is 0.458. The molecule has 0 spiro atoms. The van der Waals surface area contributed by atoms with Crippen LogP contribution in [0.2, 0.25) is 0 Å². The number of nitrogens with zero attached hydrogens (tertiary/aromatic N) is 2. The summed E-state index contributed by atoms with van der Waals surface area (Å²) in [6.07, 6.45) is 5.25. The van der Waals surface area contributed by atoms with Crippen LogP contribution in [0.4, 0.5) is 4.79 Å². The second-order valence-corrected chi connectivity index (χ2v) is 4.74. The number of amides is 2. The average molecular weight is 266 g/mol. The Morgan fingerprint density at radius 2 is 2.32 bits per heavy atom. The van der Waals surface area contributed by atoms with Crippen LogP contribution in [0.15, 0.2) is 12.4 Å². The lowest BCUT2D eigenvalue weighted by molar-refractivity contribution is -0.139. The van der Waals surface area contributed by atoms with Crippen molar-refractivity contribution in [1.29, 1.82) is 0 Å². The Hall–Kier alpha value is -2.05. The van der Waals surface area contributed by atoms with Gasteiger partial charge in [0.2, 0.25) is 0 Å².